The molecule has 1 aliphatic heterocycles. The number of amides is 3. The van der Waals surface area contributed by atoms with Crippen molar-refractivity contribution >= 4 is 81.2 Å². The summed E-state index contributed by atoms with van der Waals surface area (Å²) in [5.74, 6) is -1.31. The summed E-state index contributed by atoms with van der Waals surface area (Å²) in [4.78, 5) is 36.3. The Morgan fingerprint density at radius 2 is 2.00 bits per heavy atom. The first kappa shape index (κ1) is 24.6. The van der Waals surface area contributed by atoms with Gasteiger partial charge in [-0.3, -0.25) is 4.79 Å². The molecule has 0 atom stereocenters. The van der Waals surface area contributed by atoms with Crippen molar-refractivity contribution in [3.8, 4) is 11.5 Å². The van der Waals surface area contributed by atoms with Crippen LogP contribution < -0.4 is 20.2 Å². The van der Waals surface area contributed by atoms with Crippen molar-refractivity contribution in [3.05, 3.63) is 56.9 Å². The highest BCUT2D eigenvalue weighted by Crippen LogP contribution is 2.37. The minimum absolute atomic E-state index is 0.0893. The Labute approximate surface area is 207 Å². The van der Waals surface area contributed by atoms with E-state index in [1.807, 2.05) is 0 Å². The van der Waals surface area contributed by atoms with Crippen molar-refractivity contribution in [2.75, 3.05) is 19.0 Å². The van der Waals surface area contributed by atoms with Gasteiger partial charge in [-0.2, -0.15) is 5.01 Å². The van der Waals surface area contributed by atoms with E-state index in [0.717, 1.165) is 16.8 Å². The highest BCUT2D eigenvalue weighted by atomic mass is 35.5. The van der Waals surface area contributed by atoms with Crippen molar-refractivity contribution in [3.63, 3.8) is 0 Å². The lowest BCUT2D eigenvalue weighted by atomic mass is 10.1. The molecule has 1 fully saturated rings. The molecular weight excluding hydrogens is 513 g/mol. The number of carbonyl (C=O) groups is 3. The number of hydrogen-bond acceptors (Lipinski definition) is 7. The van der Waals surface area contributed by atoms with E-state index in [2.05, 4.69) is 10.7 Å². The van der Waals surface area contributed by atoms with E-state index in [1.54, 1.807) is 24.3 Å². The lowest BCUT2D eigenvalue weighted by molar-refractivity contribution is -0.139. The molecule has 0 aliphatic carbocycles. The minimum Gasteiger partial charge on any atom is -0.493 e. The number of thiocarbonyl (C=S) groups is 1. The first-order valence-corrected chi connectivity index (χ1v) is 11.0. The van der Waals surface area contributed by atoms with E-state index in [1.165, 1.54) is 25.3 Å². The van der Waals surface area contributed by atoms with E-state index in [-0.39, 0.29) is 20.0 Å². The Kier molecular flexibility index (Phi) is 8.03. The number of para-hydroxylation sites is 1. The zero-order chi connectivity index (χ0) is 24.1. The highest BCUT2D eigenvalue weighted by molar-refractivity contribution is 8.26. The van der Waals surface area contributed by atoms with Crippen LogP contribution >= 0.6 is 47.2 Å². The standard InChI is InChI=1S/C20H15Cl2N3O6S2/c1-30-14-4-2-3-10(17(14)31-9-16(26)27)7-15-18(28)25(20(32)33-15)24-19(29)23-11-5-6-12(21)13(22)8-11/h2-8H,9H2,1H3,(H,26,27)(H2,23,24,29)/b15-7+. The molecule has 0 aromatic heterocycles. The lowest BCUT2D eigenvalue weighted by Gasteiger charge is -2.16. The van der Waals surface area contributed by atoms with Gasteiger partial charge in [0.15, 0.2) is 22.4 Å². The van der Waals surface area contributed by atoms with Crippen LogP contribution in [0.25, 0.3) is 6.08 Å². The van der Waals surface area contributed by atoms with Crippen LogP contribution in [0.4, 0.5) is 10.5 Å². The molecule has 2 aromatic carbocycles. The van der Waals surface area contributed by atoms with Crippen LogP contribution in [0.15, 0.2) is 41.3 Å². The third kappa shape index (κ3) is 6.08. The average molecular weight is 528 g/mol. The molecule has 0 bridgehead atoms. The fourth-order valence-electron chi connectivity index (χ4n) is 2.64. The van der Waals surface area contributed by atoms with Crippen LogP contribution in [0, 0.1) is 0 Å². The monoisotopic (exact) mass is 527 g/mol. The van der Waals surface area contributed by atoms with Gasteiger partial charge in [0.2, 0.25) is 0 Å². The normalized spacial score (nSPS) is 14.4. The topological polar surface area (TPSA) is 117 Å². The Bertz CT molecular complexity index is 1170. The summed E-state index contributed by atoms with van der Waals surface area (Å²) in [5.41, 5.74) is 3.14. The molecule has 0 spiro atoms. The Balaban J connectivity index is 1.77. The maximum atomic E-state index is 12.8. The number of carboxylic acid groups (broad SMARTS) is 1. The number of anilines is 1. The second kappa shape index (κ2) is 10.8. The van der Waals surface area contributed by atoms with Crippen LogP contribution in [-0.2, 0) is 9.59 Å². The predicted molar refractivity (Wildman–Crippen MR) is 130 cm³/mol. The number of aliphatic carboxylic acids is 1. The molecule has 3 amide bonds. The maximum absolute atomic E-state index is 12.8. The van der Waals surface area contributed by atoms with Crippen molar-refractivity contribution in [1.29, 1.82) is 0 Å². The zero-order valence-corrected chi connectivity index (χ0v) is 19.9. The van der Waals surface area contributed by atoms with Crippen molar-refractivity contribution in [1.82, 2.24) is 10.4 Å². The quantitative estimate of drug-likeness (QED) is 0.358. The summed E-state index contributed by atoms with van der Waals surface area (Å²) in [5, 5.41) is 12.9. The SMILES string of the molecule is COc1cccc(/C=C2/SC(=S)N(NC(=O)Nc3ccc(Cl)c(Cl)c3)C2=O)c1OCC(=O)O. The second-order valence-electron chi connectivity index (χ2n) is 6.27. The number of nitrogens with zero attached hydrogens (tertiary/aromatic N) is 1. The van der Waals surface area contributed by atoms with E-state index in [4.69, 9.17) is 50.0 Å². The number of hydrogen-bond donors (Lipinski definition) is 3. The number of urea groups is 1. The number of carboxylic acids is 1. The lowest BCUT2D eigenvalue weighted by Crippen LogP contribution is -2.46. The van der Waals surface area contributed by atoms with Crippen molar-refractivity contribution < 1.29 is 29.0 Å². The molecule has 3 rings (SSSR count). The number of rotatable bonds is 7. The molecule has 3 N–H and O–H groups in total. The number of carbonyl (C=O) groups excluding carboxylic acids is 2. The predicted octanol–water partition coefficient (Wildman–Crippen LogP) is 4.40. The second-order valence-corrected chi connectivity index (χ2v) is 8.76. The fourth-order valence-corrected chi connectivity index (χ4v) is 4.10. The van der Waals surface area contributed by atoms with Crippen LogP contribution in [0.1, 0.15) is 5.56 Å². The number of benzene rings is 2. The molecular formula is C20H15Cl2N3O6S2. The first-order chi connectivity index (χ1) is 15.7. The van der Waals surface area contributed by atoms with E-state index in [9.17, 15) is 14.4 Å². The van der Waals surface area contributed by atoms with Gasteiger partial charge in [0.05, 0.1) is 22.1 Å². The highest BCUT2D eigenvalue weighted by Gasteiger charge is 2.34. The van der Waals surface area contributed by atoms with Crippen LogP contribution in [0.3, 0.4) is 0 Å². The van der Waals surface area contributed by atoms with Gasteiger partial charge in [-0.1, -0.05) is 47.1 Å². The molecule has 0 saturated carbocycles. The molecule has 1 saturated heterocycles. The third-order valence-corrected chi connectivity index (χ3v) is 6.08. The summed E-state index contributed by atoms with van der Waals surface area (Å²) >= 11 is 18.0. The summed E-state index contributed by atoms with van der Waals surface area (Å²) in [6.45, 7) is -0.599. The molecule has 0 radical (unpaired) electrons. The number of hydrazine groups is 1. The largest absolute Gasteiger partial charge is 0.493 e. The minimum atomic E-state index is -1.17. The van der Waals surface area contributed by atoms with Gasteiger partial charge < -0.3 is 19.9 Å². The van der Waals surface area contributed by atoms with Gasteiger partial charge in [0, 0.05) is 11.3 Å². The van der Waals surface area contributed by atoms with Gasteiger partial charge in [0.1, 0.15) is 0 Å². The number of thioether (sulfide) groups is 1. The van der Waals surface area contributed by atoms with Crippen LogP contribution in [0.5, 0.6) is 11.5 Å². The van der Waals surface area contributed by atoms with Gasteiger partial charge in [-0.15, -0.1) is 0 Å². The summed E-state index contributed by atoms with van der Waals surface area (Å²) < 4.78 is 10.6. The zero-order valence-electron chi connectivity index (χ0n) is 16.8. The van der Waals surface area contributed by atoms with E-state index < -0.39 is 24.5 Å². The fraction of sp³-hybridized carbons (Fsp3) is 0.100. The molecule has 0 unspecified atom stereocenters. The van der Waals surface area contributed by atoms with Gasteiger partial charge in [0.25, 0.3) is 5.91 Å². The summed E-state index contributed by atoms with van der Waals surface area (Å²) in [7, 11) is 1.41. The molecule has 2 aromatic rings. The number of nitrogens with one attached hydrogen (secondary N) is 2. The summed E-state index contributed by atoms with van der Waals surface area (Å²) in [6, 6.07) is 8.65. The Hall–Kier alpha value is -2.99. The van der Waals surface area contributed by atoms with Crippen molar-refractivity contribution in [2.45, 2.75) is 0 Å². The first-order valence-electron chi connectivity index (χ1n) is 9.02. The van der Waals surface area contributed by atoms with E-state index >= 15 is 0 Å². The van der Waals surface area contributed by atoms with Gasteiger partial charge in [-0.25, -0.2) is 15.0 Å². The number of halogens is 2. The smallest absolute Gasteiger partial charge is 0.341 e. The molecule has 9 nitrogen and oxygen atoms in total. The van der Waals surface area contributed by atoms with Gasteiger partial charge >= 0.3 is 12.0 Å². The third-order valence-electron chi connectivity index (χ3n) is 4.04. The molecule has 13 heteroatoms. The van der Waals surface area contributed by atoms with Crippen LogP contribution in [-0.4, -0.2) is 46.1 Å². The Morgan fingerprint density at radius 1 is 1.24 bits per heavy atom. The Morgan fingerprint density at radius 3 is 2.67 bits per heavy atom. The molecule has 33 heavy (non-hydrogen) atoms. The molecule has 172 valence electrons. The molecule has 1 heterocycles. The number of ether oxygens (including phenoxy) is 2. The van der Waals surface area contributed by atoms with Gasteiger partial charge in [-0.05, 0) is 42.6 Å². The van der Waals surface area contributed by atoms with E-state index in [0.29, 0.717) is 22.0 Å². The maximum Gasteiger partial charge on any atom is 0.341 e. The van der Waals surface area contributed by atoms with Crippen LogP contribution in [0.2, 0.25) is 10.0 Å². The average Bonchev–Trinajstić information content (AvgIpc) is 3.02. The summed E-state index contributed by atoms with van der Waals surface area (Å²) in [6.07, 6.45) is 1.47. The number of methoxy groups -OCH3 is 1. The molecule has 1 aliphatic rings. The van der Waals surface area contributed by atoms with Crippen molar-refractivity contribution in [2.24, 2.45) is 0 Å².